The Bertz CT molecular complexity index is 796. The number of hydrogen-bond donors (Lipinski definition) is 0. The van der Waals surface area contributed by atoms with E-state index in [1.54, 1.807) is 19.0 Å². The molecular weight excluding hydrogens is 360 g/mol. The highest BCUT2D eigenvalue weighted by atomic mass is 32.1. The van der Waals surface area contributed by atoms with Gasteiger partial charge in [-0.2, -0.15) is 0 Å². The van der Waals surface area contributed by atoms with E-state index >= 15 is 0 Å². The average Bonchev–Trinajstić information content (AvgIpc) is 3.02. The maximum Gasteiger partial charge on any atom is 0.265 e. The predicted molar refractivity (Wildman–Crippen MR) is 107 cm³/mol. The maximum absolute atomic E-state index is 12.5. The summed E-state index contributed by atoms with van der Waals surface area (Å²) in [5.41, 5.74) is 1.85. The Labute approximate surface area is 164 Å². The van der Waals surface area contributed by atoms with E-state index in [9.17, 15) is 9.59 Å². The van der Waals surface area contributed by atoms with Crippen LogP contribution in [0.15, 0.2) is 30.3 Å². The third-order valence-electron chi connectivity index (χ3n) is 4.72. The van der Waals surface area contributed by atoms with Crippen molar-refractivity contribution in [2.45, 2.75) is 19.9 Å². The molecule has 1 saturated heterocycles. The summed E-state index contributed by atoms with van der Waals surface area (Å²) in [5.74, 6) is 0.192. The molecule has 0 N–H and O–H groups in total. The first-order chi connectivity index (χ1) is 12.9. The van der Waals surface area contributed by atoms with Crippen LogP contribution < -0.4 is 0 Å². The van der Waals surface area contributed by atoms with Gasteiger partial charge in [-0.25, -0.2) is 4.98 Å². The molecule has 144 valence electrons. The summed E-state index contributed by atoms with van der Waals surface area (Å²) in [6.45, 7) is 5.75. The van der Waals surface area contributed by atoms with Crippen molar-refractivity contribution in [1.29, 1.82) is 0 Å². The molecule has 1 fully saturated rings. The molecule has 6 nitrogen and oxygen atoms in total. The maximum atomic E-state index is 12.5. The molecule has 3 rings (SSSR count). The zero-order valence-electron chi connectivity index (χ0n) is 16.1. The van der Waals surface area contributed by atoms with Crippen molar-refractivity contribution in [3.05, 3.63) is 51.5 Å². The Morgan fingerprint density at radius 3 is 2.41 bits per heavy atom. The molecule has 27 heavy (non-hydrogen) atoms. The predicted octanol–water partition coefficient (Wildman–Crippen LogP) is 2.04. The van der Waals surface area contributed by atoms with Gasteiger partial charge in [-0.05, 0) is 12.5 Å². The summed E-state index contributed by atoms with van der Waals surface area (Å²) >= 11 is 1.47. The van der Waals surface area contributed by atoms with Crippen LogP contribution in [0.1, 0.15) is 25.9 Å². The van der Waals surface area contributed by atoms with Crippen LogP contribution in [0.4, 0.5) is 0 Å². The van der Waals surface area contributed by atoms with Crippen molar-refractivity contribution in [2.75, 3.05) is 40.3 Å². The number of rotatable bonds is 5. The first-order valence-corrected chi connectivity index (χ1v) is 9.97. The SMILES string of the molecule is Cc1nc(CN2CCN(C(=O)Cc3ccccc3)CC2)sc1C(=O)N(C)C. The van der Waals surface area contributed by atoms with Crippen LogP contribution in [-0.4, -0.2) is 71.8 Å². The van der Waals surface area contributed by atoms with Gasteiger partial charge in [0, 0.05) is 40.3 Å². The average molecular weight is 387 g/mol. The van der Waals surface area contributed by atoms with E-state index in [-0.39, 0.29) is 11.8 Å². The van der Waals surface area contributed by atoms with Crippen LogP contribution in [0.2, 0.25) is 0 Å². The number of carbonyl (C=O) groups is 2. The van der Waals surface area contributed by atoms with E-state index in [0.717, 1.165) is 49.0 Å². The van der Waals surface area contributed by atoms with Crippen LogP contribution in [0, 0.1) is 6.92 Å². The van der Waals surface area contributed by atoms with Crippen molar-refractivity contribution in [3.8, 4) is 0 Å². The number of carbonyl (C=O) groups excluding carboxylic acids is 2. The molecular formula is C20H26N4O2S. The van der Waals surface area contributed by atoms with Gasteiger partial charge < -0.3 is 9.80 Å². The molecule has 0 saturated carbocycles. The fourth-order valence-corrected chi connectivity index (χ4v) is 4.28. The third kappa shape index (κ3) is 4.93. The molecule has 0 radical (unpaired) electrons. The number of amides is 2. The number of piperazine rings is 1. The van der Waals surface area contributed by atoms with Gasteiger partial charge in [0.15, 0.2) is 0 Å². The summed E-state index contributed by atoms with van der Waals surface area (Å²) in [6, 6.07) is 9.87. The van der Waals surface area contributed by atoms with Crippen LogP contribution in [0.25, 0.3) is 0 Å². The number of benzene rings is 1. The van der Waals surface area contributed by atoms with Gasteiger partial charge in [0.1, 0.15) is 9.88 Å². The number of thiazole rings is 1. The summed E-state index contributed by atoms with van der Waals surface area (Å²) < 4.78 is 0. The molecule has 2 aromatic rings. The molecule has 0 atom stereocenters. The normalized spacial score (nSPS) is 15.0. The molecule has 2 heterocycles. The molecule has 0 bridgehead atoms. The highest BCUT2D eigenvalue weighted by molar-refractivity contribution is 7.13. The summed E-state index contributed by atoms with van der Waals surface area (Å²) in [4.78, 5) is 35.8. The van der Waals surface area contributed by atoms with Gasteiger partial charge in [-0.1, -0.05) is 30.3 Å². The van der Waals surface area contributed by atoms with Crippen molar-refractivity contribution >= 4 is 23.2 Å². The van der Waals surface area contributed by atoms with E-state index in [2.05, 4.69) is 9.88 Å². The topological polar surface area (TPSA) is 56.8 Å². The van der Waals surface area contributed by atoms with Crippen LogP contribution in [0.3, 0.4) is 0 Å². The Kier molecular flexibility index (Phi) is 6.23. The molecule has 1 aromatic heterocycles. The highest BCUT2D eigenvalue weighted by Crippen LogP contribution is 2.21. The van der Waals surface area contributed by atoms with E-state index in [1.165, 1.54) is 11.3 Å². The largest absolute Gasteiger partial charge is 0.344 e. The smallest absolute Gasteiger partial charge is 0.265 e. The van der Waals surface area contributed by atoms with Gasteiger partial charge in [0.05, 0.1) is 18.7 Å². The second-order valence-corrected chi connectivity index (χ2v) is 8.12. The number of aryl methyl sites for hydroxylation is 1. The minimum atomic E-state index is 0.00702. The summed E-state index contributed by atoms with van der Waals surface area (Å²) in [5, 5.41) is 0.960. The van der Waals surface area contributed by atoms with Gasteiger partial charge in [0.25, 0.3) is 5.91 Å². The van der Waals surface area contributed by atoms with Gasteiger partial charge in [-0.15, -0.1) is 11.3 Å². The molecule has 0 aliphatic carbocycles. The van der Waals surface area contributed by atoms with Crippen molar-refractivity contribution in [3.63, 3.8) is 0 Å². The minimum absolute atomic E-state index is 0.00702. The van der Waals surface area contributed by atoms with Crippen LogP contribution >= 0.6 is 11.3 Å². The first kappa shape index (κ1) is 19.5. The standard InChI is InChI=1S/C20H26N4O2S/c1-15-19(20(26)22(2)3)27-17(21-15)14-23-9-11-24(12-10-23)18(25)13-16-7-5-4-6-8-16/h4-8H,9-14H2,1-3H3. The lowest BCUT2D eigenvalue weighted by Crippen LogP contribution is -2.48. The molecule has 1 aromatic carbocycles. The minimum Gasteiger partial charge on any atom is -0.344 e. The van der Waals surface area contributed by atoms with Gasteiger partial charge >= 0.3 is 0 Å². The molecule has 0 unspecified atom stereocenters. The fourth-order valence-electron chi connectivity index (χ4n) is 3.15. The molecule has 1 aliphatic heterocycles. The lowest BCUT2D eigenvalue weighted by molar-refractivity contribution is -0.132. The summed E-state index contributed by atoms with van der Waals surface area (Å²) in [6.07, 6.45) is 0.461. The number of hydrogen-bond acceptors (Lipinski definition) is 5. The van der Waals surface area contributed by atoms with Crippen molar-refractivity contribution in [1.82, 2.24) is 19.7 Å². The highest BCUT2D eigenvalue weighted by Gasteiger charge is 2.23. The summed E-state index contributed by atoms with van der Waals surface area (Å²) in [7, 11) is 3.51. The molecule has 0 spiro atoms. The number of aromatic nitrogens is 1. The molecule has 1 aliphatic rings. The van der Waals surface area contributed by atoms with Crippen molar-refractivity contribution in [2.24, 2.45) is 0 Å². The number of nitrogens with zero attached hydrogens (tertiary/aromatic N) is 4. The lowest BCUT2D eigenvalue weighted by Gasteiger charge is -2.34. The quantitative estimate of drug-likeness (QED) is 0.789. The second-order valence-electron chi connectivity index (χ2n) is 7.04. The Morgan fingerprint density at radius 2 is 1.78 bits per heavy atom. The van der Waals surface area contributed by atoms with E-state index in [0.29, 0.717) is 11.3 Å². The van der Waals surface area contributed by atoms with Gasteiger partial charge in [-0.3, -0.25) is 14.5 Å². The van der Waals surface area contributed by atoms with Crippen LogP contribution in [-0.2, 0) is 17.8 Å². The van der Waals surface area contributed by atoms with Gasteiger partial charge in [0.2, 0.25) is 5.91 Å². The zero-order valence-corrected chi connectivity index (χ0v) is 17.0. The monoisotopic (exact) mass is 386 g/mol. The van der Waals surface area contributed by atoms with E-state index in [1.807, 2.05) is 42.2 Å². The van der Waals surface area contributed by atoms with E-state index < -0.39 is 0 Å². The van der Waals surface area contributed by atoms with Crippen LogP contribution in [0.5, 0.6) is 0 Å². The Hall–Kier alpha value is -2.25. The first-order valence-electron chi connectivity index (χ1n) is 9.16. The second kappa shape index (κ2) is 8.63. The molecule has 7 heteroatoms. The zero-order chi connectivity index (χ0) is 19.4. The van der Waals surface area contributed by atoms with E-state index in [4.69, 9.17) is 0 Å². The Balaban J connectivity index is 1.52. The van der Waals surface area contributed by atoms with Crippen molar-refractivity contribution < 1.29 is 9.59 Å². The third-order valence-corrected chi connectivity index (χ3v) is 5.85. The Morgan fingerprint density at radius 1 is 1.11 bits per heavy atom. The fraction of sp³-hybridized carbons (Fsp3) is 0.450. The lowest BCUT2D eigenvalue weighted by atomic mass is 10.1. The molecule has 2 amide bonds.